The van der Waals surface area contributed by atoms with Gasteiger partial charge in [0.2, 0.25) is 0 Å². The molecule has 75 heavy (non-hydrogen) atoms. The van der Waals surface area contributed by atoms with Gasteiger partial charge in [-0.25, -0.2) is 0 Å². The van der Waals surface area contributed by atoms with E-state index in [4.69, 9.17) is 0 Å². The van der Waals surface area contributed by atoms with Gasteiger partial charge < -0.3 is 13.7 Å². The van der Waals surface area contributed by atoms with Crippen LogP contribution in [0.25, 0.3) is 98.8 Å². The van der Waals surface area contributed by atoms with Gasteiger partial charge in [-0.15, -0.1) is 0 Å². The number of benzene rings is 7. The van der Waals surface area contributed by atoms with E-state index in [2.05, 4.69) is 146 Å². The summed E-state index contributed by atoms with van der Waals surface area (Å²) in [6, 6.07) is 45.5. The average molecular weight is 994 g/mol. The number of fused-ring (bicyclic) bond motifs is 12. The zero-order valence-corrected chi connectivity index (χ0v) is 45.3. The minimum atomic E-state index is 0.463. The minimum Gasteiger partial charge on any atom is -0.340 e. The molecule has 10 rings (SSSR count). The van der Waals surface area contributed by atoms with Crippen LogP contribution in [-0.4, -0.2) is 32.6 Å². The molecule has 3 atom stereocenters. The molecule has 3 aromatic heterocycles. The molecule has 0 spiro atoms. The topological polar surface area (TPSA) is 66.0 Å². The highest BCUT2D eigenvalue weighted by Crippen LogP contribution is 2.51. The monoisotopic (exact) mass is 994 g/mol. The minimum absolute atomic E-state index is 0.463. The molecule has 0 aliphatic heterocycles. The summed E-state index contributed by atoms with van der Waals surface area (Å²) in [5.41, 5.74) is 16.4. The van der Waals surface area contributed by atoms with Crippen LogP contribution in [0.4, 0.5) is 0 Å². The molecule has 0 saturated heterocycles. The molecule has 0 N–H and O–H groups in total. The molecule has 3 heterocycles. The third-order valence-electron chi connectivity index (χ3n) is 17.0. The SMILES string of the molecule is CCCCC(CC)Cn1c2ccc(-c3ccc(C=O)cc3)cc2c2c1c1c3cccc(-c4ccc(C=O)cc4)c3n(CC(CC)CCCC)c1c1c3ccc(-c4ccc(C=O)cc4)cc3n(CC(CC)CCCC)c21. The highest BCUT2D eigenvalue weighted by Gasteiger charge is 2.31. The molecule has 0 aliphatic carbocycles. The Labute approximate surface area is 443 Å². The van der Waals surface area contributed by atoms with E-state index < -0.39 is 0 Å². The summed E-state index contributed by atoms with van der Waals surface area (Å²) in [4.78, 5) is 35.8. The average Bonchev–Trinajstić information content (AvgIpc) is 4.16. The fraction of sp³-hybridized carbons (Fsp3) is 0.348. The molecule has 0 saturated carbocycles. The number of para-hydroxylation sites is 1. The molecule has 3 unspecified atom stereocenters. The van der Waals surface area contributed by atoms with Gasteiger partial charge in [-0.1, -0.05) is 209 Å². The molecule has 7 aromatic carbocycles. The maximum atomic E-state index is 12.1. The summed E-state index contributed by atoms with van der Waals surface area (Å²) in [5.74, 6) is 1.42. The van der Waals surface area contributed by atoms with Gasteiger partial charge in [-0.05, 0) is 83.0 Å². The van der Waals surface area contributed by atoms with Crippen molar-refractivity contribution in [2.24, 2.45) is 17.8 Å². The Bertz CT molecular complexity index is 3660. The molecule has 384 valence electrons. The number of carbonyl (C=O) groups is 3. The number of aromatic nitrogens is 3. The van der Waals surface area contributed by atoms with Crippen LogP contribution in [0.1, 0.15) is 150 Å². The van der Waals surface area contributed by atoms with Crippen LogP contribution in [-0.2, 0) is 19.6 Å². The number of rotatable bonds is 24. The lowest BCUT2D eigenvalue weighted by molar-refractivity contribution is 0.111. The molecule has 0 amide bonds. The van der Waals surface area contributed by atoms with E-state index in [1.54, 1.807) is 0 Å². The van der Waals surface area contributed by atoms with E-state index in [9.17, 15) is 14.4 Å². The van der Waals surface area contributed by atoms with Gasteiger partial charge in [-0.2, -0.15) is 0 Å². The van der Waals surface area contributed by atoms with Crippen molar-refractivity contribution in [2.45, 2.75) is 138 Å². The Morgan fingerprint density at radius 2 is 0.787 bits per heavy atom. The van der Waals surface area contributed by atoms with Gasteiger partial charge in [0.05, 0.1) is 22.1 Å². The first-order chi connectivity index (χ1) is 36.8. The Kier molecular flexibility index (Phi) is 15.7. The first kappa shape index (κ1) is 51.4. The fourth-order valence-corrected chi connectivity index (χ4v) is 12.5. The summed E-state index contributed by atoms with van der Waals surface area (Å²) in [7, 11) is 0. The largest absolute Gasteiger partial charge is 0.340 e. The molecule has 10 aromatic rings. The molecule has 0 aliphatic rings. The summed E-state index contributed by atoms with van der Waals surface area (Å²) in [6.07, 6.45) is 16.6. The summed E-state index contributed by atoms with van der Waals surface area (Å²) in [5, 5.41) is 7.70. The van der Waals surface area contributed by atoms with Gasteiger partial charge >= 0.3 is 0 Å². The van der Waals surface area contributed by atoms with Crippen LogP contribution in [0.2, 0.25) is 0 Å². The number of unbranched alkanes of at least 4 members (excludes halogenated alkanes) is 3. The molecular formula is C69H75N3O3. The van der Waals surface area contributed by atoms with Crippen molar-refractivity contribution in [3.8, 4) is 33.4 Å². The number of hydrogen-bond donors (Lipinski definition) is 0. The molecule has 0 fully saturated rings. The van der Waals surface area contributed by atoms with Gasteiger partial charge in [0.1, 0.15) is 18.9 Å². The fourth-order valence-electron chi connectivity index (χ4n) is 12.5. The summed E-state index contributed by atoms with van der Waals surface area (Å²) >= 11 is 0. The smallest absolute Gasteiger partial charge is 0.150 e. The molecular weight excluding hydrogens is 919 g/mol. The molecule has 6 nitrogen and oxygen atoms in total. The van der Waals surface area contributed by atoms with E-state index >= 15 is 0 Å². The van der Waals surface area contributed by atoms with Crippen LogP contribution < -0.4 is 0 Å². The maximum absolute atomic E-state index is 12.1. The number of carbonyl (C=O) groups excluding carboxylic acids is 3. The number of hydrogen-bond acceptors (Lipinski definition) is 3. The predicted octanol–water partition coefficient (Wildman–Crippen LogP) is 19.1. The lowest BCUT2D eigenvalue weighted by Gasteiger charge is -2.20. The van der Waals surface area contributed by atoms with Crippen LogP contribution in [0.5, 0.6) is 0 Å². The standard InChI is InChI=1S/C69H75N3O3/c1-7-13-17-46(10-4)40-70-61-37-35-55(52-28-22-49(43-73)23-29-52)38-60(61)65-67-63(58-36-34-56(53-30-24-50(44-74)25-31-53)39-62(58)71(67)41-47(11-5)18-14-8-2)69-64(68(65)70)59-21-16-20-57(54-32-26-51(45-75)27-33-54)66(59)72(69)42-48(12-6)19-15-9-3/h16,20-39,43-48H,7-15,17-19,40-42H2,1-6H3. The van der Waals surface area contributed by atoms with E-state index in [1.807, 2.05) is 36.4 Å². The second kappa shape index (κ2) is 22.8. The lowest BCUT2D eigenvalue weighted by atomic mass is 9.97. The van der Waals surface area contributed by atoms with Crippen molar-refractivity contribution in [2.75, 3.05) is 0 Å². The van der Waals surface area contributed by atoms with Crippen molar-refractivity contribution < 1.29 is 14.4 Å². The Morgan fingerprint density at radius 1 is 0.373 bits per heavy atom. The summed E-state index contributed by atoms with van der Waals surface area (Å²) in [6.45, 7) is 16.8. The maximum Gasteiger partial charge on any atom is 0.150 e. The van der Waals surface area contributed by atoms with Crippen LogP contribution in [0.3, 0.4) is 0 Å². The predicted molar refractivity (Wildman–Crippen MR) is 318 cm³/mol. The second-order valence-electron chi connectivity index (χ2n) is 21.6. The van der Waals surface area contributed by atoms with E-state index in [1.165, 1.54) is 103 Å². The van der Waals surface area contributed by atoms with Gasteiger partial charge in [0, 0.05) is 85.2 Å². The van der Waals surface area contributed by atoms with E-state index in [-0.39, 0.29) is 0 Å². The van der Waals surface area contributed by atoms with Crippen molar-refractivity contribution in [3.63, 3.8) is 0 Å². The van der Waals surface area contributed by atoms with Crippen molar-refractivity contribution in [1.82, 2.24) is 13.7 Å². The third-order valence-corrected chi connectivity index (χ3v) is 17.0. The van der Waals surface area contributed by atoms with Crippen LogP contribution >= 0.6 is 0 Å². The second-order valence-corrected chi connectivity index (χ2v) is 21.6. The molecule has 0 radical (unpaired) electrons. The Balaban J connectivity index is 1.46. The van der Waals surface area contributed by atoms with Gasteiger partial charge in [0.15, 0.2) is 0 Å². The number of nitrogens with zero attached hydrogens (tertiary/aromatic N) is 3. The first-order valence-electron chi connectivity index (χ1n) is 28.5. The van der Waals surface area contributed by atoms with Crippen molar-refractivity contribution in [3.05, 3.63) is 144 Å². The van der Waals surface area contributed by atoms with Crippen LogP contribution in [0, 0.1) is 17.8 Å². The first-order valence-corrected chi connectivity index (χ1v) is 28.5. The highest BCUT2D eigenvalue weighted by atomic mass is 16.1. The van der Waals surface area contributed by atoms with Gasteiger partial charge in [-0.3, -0.25) is 14.4 Å². The zero-order valence-electron chi connectivity index (χ0n) is 45.3. The Morgan fingerprint density at radius 3 is 1.28 bits per heavy atom. The normalized spacial score (nSPS) is 13.2. The van der Waals surface area contributed by atoms with Crippen molar-refractivity contribution in [1.29, 1.82) is 0 Å². The summed E-state index contributed by atoms with van der Waals surface area (Å²) < 4.78 is 8.26. The quantitative estimate of drug-likeness (QED) is 0.0567. The van der Waals surface area contributed by atoms with E-state index in [0.29, 0.717) is 34.4 Å². The van der Waals surface area contributed by atoms with Crippen LogP contribution in [0.15, 0.2) is 127 Å². The third kappa shape index (κ3) is 9.66. The highest BCUT2D eigenvalue weighted by molar-refractivity contribution is 6.40. The van der Waals surface area contributed by atoms with Crippen molar-refractivity contribution >= 4 is 84.3 Å². The van der Waals surface area contributed by atoms with E-state index in [0.717, 1.165) is 111 Å². The molecule has 0 bridgehead atoms. The Hall–Kier alpha value is -7.05. The zero-order chi connectivity index (χ0) is 52.2. The van der Waals surface area contributed by atoms with Gasteiger partial charge in [0.25, 0.3) is 0 Å². The lowest BCUT2D eigenvalue weighted by Crippen LogP contribution is -2.12. The number of aldehydes is 3. The molecule has 6 heteroatoms.